The van der Waals surface area contributed by atoms with Crippen LogP contribution >= 0.6 is 11.3 Å². The number of likely N-dealkylation sites (N-methyl/N-ethyl adjacent to an activating group) is 1. The monoisotopic (exact) mass is 291 g/mol. The third kappa shape index (κ3) is 3.81. The maximum absolute atomic E-state index is 11.9. The molecule has 0 fully saturated rings. The molecule has 0 saturated carbocycles. The van der Waals surface area contributed by atoms with Crippen LogP contribution in [0.3, 0.4) is 0 Å². The number of rotatable bonds is 7. The van der Waals surface area contributed by atoms with Gasteiger partial charge in [-0.25, -0.2) is 0 Å². The summed E-state index contributed by atoms with van der Waals surface area (Å²) >= 11 is 1.68. The van der Waals surface area contributed by atoms with Gasteiger partial charge < -0.3 is 9.64 Å². The van der Waals surface area contributed by atoms with Gasteiger partial charge in [-0.1, -0.05) is 32.0 Å². The number of benzene rings is 1. The molecule has 2 aromatic rings. The number of carbonyl (C=O) groups is 1. The highest BCUT2D eigenvalue weighted by atomic mass is 32.1. The van der Waals surface area contributed by atoms with Gasteiger partial charge >= 0.3 is 5.97 Å². The molecule has 1 heterocycles. The molecule has 3 nitrogen and oxygen atoms in total. The number of hydrogen-bond donors (Lipinski definition) is 0. The van der Waals surface area contributed by atoms with E-state index < -0.39 is 0 Å². The van der Waals surface area contributed by atoms with Gasteiger partial charge in [-0.15, -0.1) is 11.3 Å². The van der Waals surface area contributed by atoms with E-state index in [-0.39, 0.29) is 5.97 Å². The van der Waals surface area contributed by atoms with Crippen LogP contribution in [0.2, 0.25) is 0 Å². The lowest BCUT2D eigenvalue weighted by molar-refractivity contribution is -0.143. The smallest absolute Gasteiger partial charge is 0.310 e. The summed E-state index contributed by atoms with van der Waals surface area (Å²) in [5.41, 5.74) is 1.07. The summed E-state index contributed by atoms with van der Waals surface area (Å²) in [6.45, 7) is 7.49. The lowest BCUT2D eigenvalue weighted by atomic mass is 10.1. The van der Waals surface area contributed by atoms with E-state index in [1.807, 2.05) is 12.1 Å². The maximum Gasteiger partial charge on any atom is 0.310 e. The van der Waals surface area contributed by atoms with Crippen LogP contribution in [0.5, 0.6) is 0 Å². The number of nitrogens with zero attached hydrogens (tertiary/aromatic N) is 1. The zero-order valence-corrected chi connectivity index (χ0v) is 12.9. The second-order valence-corrected chi connectivity index (χ2v) is 5.59. The molecule has 0 unspecified atom stereocenters. The fraction of sp³-hybridized carbons (Fsp3) is 0.438. The van der Waals surface area contributed by atoms with E-state index in [1.54, 1.807) is 11.3 Å². The van der Waals surface area contributed by atoms with Crippen LogP contribution in [0.15, 0.2) is 29.6 Å². The first kappa shape index (κ1) is 15.0. The largest absolute Gasteiger partial charge is 0.464 e. The third-order valence-corrected chi connectivity index (χ3v) is 4.47. The Balaban J connectivity index is 1.85. The Labute approximate surface area is 124 Å². The zero-order chi connectivity index (χ0) is 14.4. The maximum atomic E-state index is 11.9. The lowest BCUT2D eigenvalue weighted by Crippen LogP contribution is -2.28. The highest BCUT2D eigenvalue weighted by Crippen LogP contribution is 2.26. The molecule has 0 N–H and O–H groups in total. The first-order valence-corrected chi connectivity index (χ1v) is 7.95. The quantitative estimate of drug-likeness (QED) is 0.733. The number of thiophene rings is 1. The Bertz CT molecular complexity index is 560. The second-order valence-electron chi connectivity index (χ2n) is 4.68. The van der Waals surface area contributed by atoms with Crippen molar-refractivity contribution >= 4 is 27.4 Å². The molecular formula is C16H21NO2S. The highest BCUT2D eigenvalue weighted by Gasteiger charge is 2.10. The van der Waals surface area contributed by atoms with Crippen LogP contribution in [0.4, 0.5) is 0 Å². The van der Waals surface area contributed by atoms with E-state index >= 15 is 0 Å². The van der Waals surface area contributed by atoms with E-state index in [0.717, 1.165) is 30.6 Å². The van der Waals surface area contributed by atoms with Crippen LogP contribution in [0.1, 0.15) is 19.4 Å². The Morgan fingerprint density at radius 2 is 2.00 bits per heavy atom. The van der Waals surface area contributed by atoms with Crippen LogP contribution in [0.25, 0.3) is 10.1 Å². The van der Waals surface area contributed by atoms with E-state index in [0.29, 0.717) is 13.0 Å². The van der Waals surface area contributed by atoms with Crippen LogP contribution in [-0.2, 0) is 16.0 Å². The molecule has 0 radical (unpaired) electrons. The molecule has 4 heteroatoms. The van der Waals surface area contributed by atoms with Crippen molar-refractivity contribution in [3.63, 3.8) is 0 Å². The normalized spacial score (nSPS) is 11.2. The summed E-state index contributed by atoms with van der Waals surface area (Å²) in [6.07, 6.45) is 0.363. The molecule has 1 aromatic heterocycles. The van der Waals surface area contributed by atoms with Crippen molar-refractivity contribution in [2.45, 2.75) is 20.3 Å². The zero-order valence-electron chi connectivity index (χ0n) is 12.1. The van der Waals surface area contributed by atoms with Crippen molar-refractivity contribution < 1.29 is 9.53 Å². The topological polar surface area (TPSA) is 29.5 Å². The van der Waals surface area contributed by atoms with E-state index in [1.165, 1.54) is 4.70 Å². The molecule has 1 aromatic carbocycles. The Hall–Kier alpha value is -1.39. The van der Waals surface area contributed by atoms with Crippen molar-refractivity contribution in [1.82, 2.24) is 4.90 Å². The summed E-state index contributed by atoms with van der Waals surface area (Å²) in [7, 11) is 0. The molecule has 0 atom stereocenters. The van der Waals surface area contributed by atoms with Crippen molar-refractivity contribution in [2.24, 2.45) is 0 Å². The van der Waals surface area contributed by atoms with E-state index in [2.05, 4.69) is 36.3 Å². The van der Waals surface area contributed by atoms with Gasteiger partial charge in [0.1, 0.15) is 6.61 Å². The molecule has 0 saturated heterocycles. The molecule has 0 amide bonds. The first-order valence-electron chi connectivity index (χ1n) is 7.07. The van der Waals surface area contributed by atoms with Gasteiger partial charge in [-0.2, -0.15) is 0 Å². The second kappa shape index (κ2) is 7.41. The molecule has 0 aliphatic heterocycles. The number of ether oxygens (including phenoxy) is 1. The molecule has 0 spiro atoms. The average molecular weight is 291 g/mol. The minimum atomic E-state index is -0.138. The molecule has 0 aliphatic rings. The van der Waals surface area contributed by atoms with Gasteiger partial charge in [-0.05, 0) is 35.5 Å². The van der Waals surface area contributed by atoms with E-state index in [9.17, 15) is 4.79 Å². The summed E-state index contributed by atoms with van der Waals surface area (Å²) in [6, 6.07) is 8.16. The third-order valence-electron chi connectivity index (χ3n) is 3.46. The van der Waals surface area contributed by atoms with Crippen molar-refractivity contribution in [3.05, 3.63) is 35.2 Å². The highest BCUT2D eigenvalue weighted by molar-refractivity contribution is 7.17. The predicted octanol–water partition coefficient (Wildman–Crippen LogP) is 3.33. The van der Waals surface area contributed by atoms with Gasteiger partial charge in [0.15, 0.2) is 0 Å². The van der Waals surface area contributed by atoms with Gasteiger partial charge in [0.25, 0.3) is 0 Å². The van der Waals surface area contributed by atoms with E-state index in [4.69, 9.17) is 4.74 Å². The molecular weight excluding hydrogens is 270 g/mol. The molecule has 2 rings (SSSR count). The van der Waals surface area contributed by atoms with Gasteiger partial charge in [0.2, 0.25) is 0 Å². The predicted molar refractivity (Wildman–Crippen MR) is 84.3 cm³/mol. The fourth-order valence-corrected chi connectivity index (χ4v) is 3.17. The van der Waals surface area contributed by atoms with Crippen LogP contribution in [-0.4, -0.2) is 37.1 Å². The fourth-order valence-electron chi connectivity index (χ4n) is 2.20. The van der Waals surface area contributed by atoms with Crippen molar-refractivity contribution in [3.8, 4) is 0 Å². The van der Waals surface area contributed by atoms with Gasteiger partial charge in [0.05, 0.1) is 6.42 Å². The summed E-state index contributed by atoms with van der Waals surface area (Å²) < 4.78 is 6.54. The minimum Gasteiger partial charge on any atom is -0.464 e. The van der Waals surface area contributed by atoms with Gasteiger partial charge in [-0.3, -0.25) is 4.79 Å². The first-order chi connectivity index (χ1) is 9.74. The summed E-state index contributed by atoms with van der Waals surface area (Å²) in [4.78, 5) is 14.1. The van der Waals surface area contributed by atoms with Crippen LogP contribution < -0.4 is 0 Å². The number of esters is 1. The van der Waals surface area contributed by atoms with Gasteiger partial charge in [0, 0.05) is 11.2 Å². The number of fused-ring (bicyclic) bond motifs is 1. The molecule has 0 bridgehead atoms. The molecule has 20 heavy (non-hydrogen) atoms. The number of carbonyl (C=O) groups excluding carboxylic acids is 1. The van der Waals surface area contributed by atoms with Crippen molar-refractivity contribution in [1.29, 1.82) is 0 Å². The minimum absolute atomic E-state index is 0.138. The Morgan fingerprint density at radius 1 is 1.25 bits per heavy atom. The molecule has 0 aliphatic carbocycles. The number of hydrogen-bond acceptors (Lipinski definition) is 4. The van der Waals surface area contributed by atoms with Crippen molar-refractivity contribution in [2.75, 3.05) is 26.2 Å². The summed E-state index contributed by atoms with van der Waals surface area (Å²) in [5.74, 6) is -0.138. The van der Waals surface area contributed by atoms with Crippen LogP contribution in [0, 0.1) is 0 Å². The molecule has 108 valence electrons. The Kier molecular flexibility index (Phi) is 5.56. The standard InChI is InChI=1S/C16H21NO2S/c1-3-17(4-2)9-10-19-16(18)11-13-12-20-15-8-6-5-7-14(13)15/h5-8,12H,3-4,9-11H2,1-2H3. The average Bonchev–Trinajstić information content (AvgIpc) is 2.87. The Morgan fingerprint density at radius 3 is 2.75 bits per heavy atom. The SMILES string of the molecule is CCN(CC)CCOC(=O)Cc1csc2ccccc12. The lowest BCUT2D eigenvalue weighted by Gasteiger charge is -2.17. The summed E-state index contributed by atoms with van der Waals surface area (Å²) in [5, 5.41) is 3.22.